The van der Waals surface area contributed by atoms with E-state index in [2.05, 4.69) is 11.9 Å². The first-order valence-corrected chi connectivity index (χ1v) is 5.38. The first-order valence-electron chi connectivity index (χ1n) is 5.38. The van der Waals surface area contributed by atoms with E-state index in [-0.39, 0.29) is 11.8 Å². The number of rotatable bonds is 4. The van der Waals surface area contributed by atoms with Gasteiger partial charge in [0.25, 0.3) is 0 Å². The molecular weight excluding hydrogens is 176 g/mol. The summed E-state index contributed by atoms with van der Waals surface area (Å²) in [6.07, 6.45) is 6.17. The smallest absolute Gasteiger partial charge is 0.223 e. The van der Waals surface area contributed by atoms with Crippen LogP contribution in [-0.2, 0) is 4.79 Å². The molecule has 0 aromatic heterocycles. The molecule has 1 amide bonds. The molecule has 14 heavy (non-hydrogen) atoms. The van der Waals surface area contributed by atoms with Gasteiger partial charge in [0, 0.05) is 12.5 Å². The number of nitrogens with one attached hydrogen (secondary N) is 1. The maximum absolute atomic E-state index is 11.7. The number of carbonyl (C=O) groups excluding carboxylic acids is 1. The molecule has 0 spiro atoms. The van der Waals surface area contributed by atoms with Crippen LogP contribution >= 0.6 is 0 Å². The van der Waals surface area contributed by atoms with Gasteiger partial charge in [0.1, 0.15) is 0 Å². The molecule has 3 N–H and O–H groups in total. The highest BCUT2D eigenvalue weighted by molar-refractivity contribution is 5.79. The quantitative estimate of drug-likeness (QED) is 0.660. The SMILES string of the molecule is C=CCNC(=O)C1CCCCC1CN. The van der Waals surface area contributed by atoms with Gasteiger partial charge in [-0.3, -0.25) is 4.79 Å². The minimum atomic E-state index is 0.133. The minimum Gasteiger partial charge on any atom is -0.352 e. The van der Waals surface area contributed by atoms with Crippen LogP contribution in [0, 0.1) is 11.8 Å². The molecule has 1 aliphatic rings. The van der Waals surface area contributed by atoms with Gasteiger partial charge in [-0.25, -0.2) is 0 Å². The van der Waals surface area contributed by atoms with E-state index in [4.69, 9.17) is 5.73 Å². The predicted octanol–water partition coefficient (Wildman–Crippen LogP) is 1.05. The molecule has 1 aliphatic carbocycles. The van der Waals surface area contributed by atoms with E-state index >= 15 is 0 Å². The molecule has 3 nitrogen and oxygen atoms in total. The molecule has 2 atom stereocenters. The van der Waals surface area contributed by atoms with E-state index in [0.29, 0.717) is 19.0 Å². The van der Waals surface area contributed by atoms with Crippen LogP contribution in [0.4, 0.5) is 0 Å². The summed E-state index contributed by atoms with van der Waals surface area (Å²) in [6.45, 7) is 4.77. The van der Waals surface area contributed by atoms with Crippen LogP contribution in [0.3, 0.4) is 0 Å². The van der Waals surface area contributed by atoms with Gasteiger partial charge in [-0.1, -0.05) is 18.9 Å². The Morgan fingerprint density at radius 1 is 1.50 bits per heavy atom. The van der Waals surface area contributed by atoms with Gasteiger partial charge in [0.2, 0.25) is 5.91 Å². The summed E-state index contributed by atoms with van der Waals surface area (Å²) < 4.78 is 0. The van der Waals surface area contributed by atoms with Crippen molar-refractivity contribution in [2.45, 2.75) is 25.7 Å². The fourth-order valence-electron chi connectivity index (χ4n) is 2.14. The van der Waals surface area contributed by atoms with Gasteiger partial charge in [-0.05, 0) is 25.3 Å². The van der Waals surface area contributed by atoms with Gasteiger partial charge in [-0.2, -0.15) is 0 Å². The van der Waals surface area contributed by atoms with Gasteiger partial charge in [-0.15, -0.1) is 6.58 Å². The lowest BCUT2D eigenvalue weighted by Gasteiger charge is -2.29. The van der Waals surface area contributed by atoms with Crippen molar-refractivity contribution in [2.75, 3.05) is 13.1 Å². The van der Waals surface area contributed by atoms with Crippen molar-refractivity contribution in [3.8, 4) is 0 Å². The zero-order chi connectivity index (χ0) is 10.4. The summed E-state index contributed by atoms with van der Waals surface area (Å²) >= 11 is 0. The molecular formula is C11H20N2O. The molecule has 3 heteroatoms. The van der Waals surface area contributed by atoms with Crippen LogP contribution in [0.5, 0.6) is 0 Å². The molecule has 0 saturated heterocycles. The van der Waals surface area contributed by atoms with Crippen LogP contribution < -0.4 is 11.1 Å². The molecule has 1 saturated carbocycles. The van der Waals surface area contributed by atoms with Gasteiger partial charge >= 0.3 is 0 Å². The van der Waals surface area contributed by atoms with Crippen molar-refractivity contribution in [1.82, 2.24) is 5.32 Å². The average molecular weight is 196 g/mol. The standard InChI is InChI=1S/C11H20N2O/c1-2-7-13-11(14)10-6-4-3-5-9(10)8-12/h2,9-10H,1,3-8,12H2,(H,13,14). The topological polar surface area (TPSA) is 55.1 Å². The van der Waals surface area contributed by atoms with Crippen LogP contribution in [0.1, 0.15) is 25.7 Å². The molecule has 0 radical (unpaired) electrons. The minimum absolute atomic E-state index is 0.133. The Labute approximate surface area is 85.7 Å². The van der Waals surface area contributed by atoms with Crippen molar-refractivity contribution >= 4 is 5.91 Å². The highest BCUT2D eigenvalue weighted by atomic mass is 16.1. The Kier molecular flexibility index (Phi) is 4.66. The fourth-order valence-corrected chi connectivity index (χ4v) is 2.14. The Balaban J connectivity index is 2.45. The maximum Gasteiger partial charge on any atom is 0.223 e. The molecule has 0 heterocycles. The molecule has 0 aromatic rings. The lowest BCUT2D eigenvalue weighted by Crippen LogP contribution is -2.39. The largest absolute Gasteiger partial charge is 0.352 e. The van der Waals surface area contributed by atoms with Crippen LogP contribution in [-0.4, -0.2) is 19.0 Å². The summed E-state index contributed by atoms with van der Waals surface area (Å²) in [6, 6.07) is 0. The van der Waals surface area contributed by atoms with Crippen molar-refractivity contribution < 1.29 is 4.79 Å². The van der Waals surface area contributed by atoms with Crippen LogP contribution in [0.25, 0.3) is 0 Å². The molecule has 0 aliphatic heterocycles. The third-order valence-corrected chi connectivity index (χ3v) is 2.97. The summed E-state index contributed by atoms with van der Waals surface area (Å²) in [5.41, 5.74) is 5.66. The molecule has 0 bridgehead atoms. The third kappa shape index (κ3) is 2.84. The number of hydrogen-bond donors (Lipinski definition) is 2. The van der Waals surface area contributed by atoms with Gasteiger partial charge < -0.3 is 11.1 Å². The molecule has 0 aromatic carbocycles. The van der Waals surface area contributed by atoms with Crippen LogP contribution in [0.15, 0.2) is 12.7 Å². The zero-order valence-electron chi connectivity index (χ0n) is 8.67. The maximum atomic E-state index is 11.7. The molecule has 80 valence electrons. The second-order valence-electron chi connectivity index (χ2n) is 3.92. The third-order valence-electron chi connectivity index (χ3n) is 2.97. The second kappa shape index (κ2) is 5.81. The van der Waals surface area contributed by atoms with Crippen LogP contribution in [0.2, 0.25) is 0 Å². The first kappa shape index (κ1) is 11.2. The number of amides is 1. The van der Waals surface area contributed by atoms with E-state index in [9.17, 15) is 4.79 Å². The summed E-state index contributed by atoms with van der Waals surface area (Å²) in [5.74, 6) is 0.669. The normalized spacial score (nSPS) is 26.9. The van der Waals surface area contributed by atoms with Crippen molar-refractivity contribution in [3.63, 3.8) is 0 Å². The van der Waals surface area contributed by atoms with Crippen molar-refractivity contribution in [3.05, 3.63) is 12.7 Å². The van der Waals surface area contributed by atoms with Gasteiger partial charge in [0.15, 0.2) is 0 Å². The second-order valence-corrected chi connectivity index (χ2v) is 3.92. The number of hydrogen-bond acceptors (Lipinski definition) is 2. The lowest BCUT2D eigenvalue weighted by atomic mass is 9.79. The van der Waals surface area contributed by atoms with E-state index in [1.807, 2.05) is 0 Å². The molecule has 2 unspecified atom stereocenters. The number of carbonyl (C=O) groups is 1. The van der Waals surface area contributed by atoms with Gasteiger partial charge in [0.05, 0.1) is 0 Å². The molecule has 1 rings (SSSR count). The number of nitrogens with two attached hydrogens (primary N) is 1. The monoisotopic (exact) mass is 196 g/mol. The average Bonchev–Trinajstić information content (AvgIpc) is 2.25. The first-order chi connectivity index (χ1) is 6.79. The zero-order valence-corrected chi connectivity index (χ0v) is 8.67. The predicted molar refractivity (Wildman–Crippen MR) is 57.7 cm³/mol. The Morgan fingerprint density at radius 2 is 2.21 bits per heavy atom. The van der Waals surface area contributed by atoms with E-state index in [0.717, 1.165) is 19.3 Å². The lowest BCUT2D eigenvalue weighted by molar-refractivity contribution is -0.127. The summed E-state index contributed by atoms with van der Waals surface area (Å²) in [4.78, 5) is 11.7. The molecule has 1 fully saturated rings. The summed E-state index contributed by atoms with van der Waals surface area (Å²) in [5, 5.41) is 2.85. The van der Waals surface area contributed by atoms with Crippen molar-refractivity contribution in [2.24, 2.45) is 17.6 Å². The Hall–Kier alpha value is -0.830. The van der Waals surface area contributed by atoms with E-state index < -0.39 is 0 Å². The Bertz CT molecular complexity index is 203. The highest BCUT2D eigenvalue weighted by Crippen LogP contribution is 2.29. The van der Waals surface area contributed by atoms with E-state index in [1.165, 1.54) is 6.42 Å². The van der Waals surface area contributed by atoms with E-state index in [1.54, 1.807) is 6.08 Å². The Morgan fingerprint density at radius 3 is 2.86 bits per heavy atom. The fraction of sp³-hybridized carbons (Fsp3) is 0.727. The van der Waals surface area contributed by atoms with Crippen molar-refractivity contribution in [1.29, 1.82) is 0 Å². The summed E-state index contributed by atoms with van der Waals surface area (Å²) in [7, 11) is 0. The highest BCUT2D eigenvalue weighted by Gasteiger charge is 2.29.